The van der Waals surface area contributed by atoms with Crippen LogP contribution in [0, 0.1) is 0 Å². The topological polar surface area (TPSA) is 92.4 Å². The molecule has 5 heteroatoms. The number of aromatic carboxylic acids is 1. The predicted octanol–water partition coefficient (Wildman–Crippen LogP) is 1.13. The normalized spacial score (nSPS) is 10.1. The van der Waals surface area contributed by atoms with Crippen molar-refractivity contribution in [2.24, 2.45) is 5.73 Å². The fourth-order valence-corrected chi connectivity index (χ4v) is 1.48. The van der Waals surface area contributed by atoms with Gasteiger partial charge in [-0.2, -0.15) is 0 Å². The molecule has 0 aliphatic carbocycles. The molecule has 0 heterocycles. The highest BCUT2D eigenvalue weighted by Crippen LogP contribution is 2.04. The second-order valence-electron chi connectivity index (χ2n) is 4.02. The van der Waals surface area contributed by atoms with Gasteiger partial charge in [-0.15, -0.1) is 0 Å². The van der Waals surface area contributed by atoms with Gasteiger partial charge in [0.2, 0.25) is 5.91 Å². The summed E-state index contributed by atoms with van der Waals surface area (Å²) in [7, 11) is 0. The van der Waals surface area contributed by atoms with Crippen molar-refractivity contribution in [3.63, 3.8) is 0 Å². The van der Waals surface area contributed by atoms with Gasteiger partial charge >= 0.3 is 5.97 Å². The Labute approximate surface area is 106 Å². The molecule has 0 saturated heterocycles. The van der Waals surface area contributed by atoms with Crippen molar-refractivity contribution in [1.82, 2.24) is 5.32 Å². The summed E-state index contributed by atoms with van der Waals surface area (Å²) in [6.45, 7) is 1.02. The monoisotopic (exact) mass is 250 g/mol. The van der Waals surface area contributed by atoms with Gasteiger partial charge in [0.05, 0.1) is 5.56 Å². The number of carbonyl (C=O) groups excluding carboxylic acids is 1. The Kier molecular flexibility index (Phi) is 5.87. The largest absolute Gasteiger partial charge is 0.478 e. The van der Waals surface area contributed by atoms with E-state index in [0.29, 0.717) is 19.5 Å². The number of benzene rings is 1. The van der Waals surface area contributed by atoms with E-state index in [4.69, 9.17) is 10.8 Å². The second kappa shape index (κ2) is 7.45. The zero-order valence-electron chi connectivity index (χ0n) is 10.2. The Hall–Kier alpha value is -1.88. The van der Waals surface area contributed by atoms with E-state index in [0.717, 1.165) is 18.4 Å². The van der Waals surface area contributed by atoms with Gasteiger partial charge < -0.3 is 16.2 Å². The van der Waals surface area contributed by atoms with Gasteiger partial charge in [-0.05, 0) is 37.1 Å². The molecule has 0 aliphatic rings. The summed E-state index contributed by atoms with van der Waals surface area (Å²) in [5.41, 5.74) is 6.46. The van der Waals surface area contributed by atoms with Crippen LogP contribution in [0.5, 0.6) is 0 Å². The first-order chi connectivity index (χ1) is 8.63. The van der Waals surface area contributed by atoms with E-state index in [1.165, 1.54) is 12.1 Å². The number of carbonyl (C=O) groups is 2. The fourth-order valence-electron chi connectivity index (χ4n) is 1.48. The molecule has 18 heavy (non-hydrogen) atoms. The highest BCUT2D eigenvalue weighted by atomic mass is 16.4. The maximum Gasteiger partial charge on any atom is 0.335 e. The van der Waals surface area contributed by atoms with Crippen molar-refractivity contribution < 1.29 is 14.7 Å². The molecule has 1 rings (SSSR count). The summed E-state index contributed by atoms with van der Waals surface area (Å²) in [6.07, 6.45) is 2.12. The molecule has 1 aromatic carbocycles. The Balaban J connectivity index is 2.34. The zero-order chi connectivity index (χ0) is 13.4. The first-order valence-electron chi connectivity index (χ1n) is 5.92. The lowest BCUT2D eigenvalue weighted by atomic mass is 10.1. The molecular weight excluding hydrogens is 232 g/mol. The third kappa shape index (κ3) is 4.97. The highest BCUT2D eigenvalue weighted by molar-refractivity contribution is 5.87. The highest BCUT2D eigenvalue weighted by Gasteiger charge is 2.03. The lowest BCUT2D eigenvalue weighted by molar-refractivity contribution is -0.121. The lowest BCUT2D eigenvalue weighted by Crippen LogP contribution is -2.22. The molecule has 1 amide bonds. The number of unbranched alkanes of at least 4 members (excludes halogenated alkanes) is 1. The fraction of sp³-hybridized carbons (Fsp3) is 0.385. The Morgan fingerprint density at radius 2 is 1.83 bits per heavy atom. The van der Waals surface area contributed by atoms with Crippen LogP contribution in [0.3, 0.4) is 0 Å². The Morgan fingerprint density at radius 1 is 1.17 bits per heavy atom. The van der Waals surface area contributed by atoms with E-state index in [2.05, 4.69) is 5.32 Å². The van der Waals surface area contributed by atoms with Gasteiger partial charge in [-0.25, -0.2) is 4.79 Å². The lowest BCUT2D eigenvalue weighted by Gasteiger charge is -2.05. The number of hydrogen-bond acceptors (Lipinski definition) is 3. The van der Waals surface area contributed by atoms with Crippen LogP contribution in [0.2, 0.25) is 0 Å². The van der Waals surface area contributed by atoms with Crippen molar-refractivity contribution in [2.75, 3.05) is 6.54 Å². The third-order valence-corrected chi connectivity index (χ3v) is 2.55. The molecule has 98 valence electrons. The van der Waals surface area contributed by atoms with Crippen LogP contribution in [0.1, 0.15) is 35.2 Å². The van der Waals surface area contributed by atoms with Crippen LogP contribution in [0.15, 0.2) is 24.3 Å². The summed E-state index contributed by atoms with van der Waals surface area (Å²) in [6, 6.07) is 6.45. The Morgan fingerprint density at radius 3 is 2.39 bits per heavy atom. The van der Waals surface area contributed by atoms with Gasteiger partial charge in [-0.3, -0.25) is 4.79 Å². The number of carboxylic acid groups (broad SMARTS) is 1. The molecule has 0 unspecified atom stereocenters. The van der Waals surface area contributed by atoms with Crippen LogP contribution >= 0.6 is 0 Å². The Bertz CT molecular complexity index is 401. The summed E-state index contributed by atoms with van der Waals surface area (Å²) in [5, 5.41) is 11.5. The molecule has 0 saturated carbocycles. The van der Waals surface area contributed by atoms with E-state index in [9.17, 15) is 9.59 Å². The minimum absolute atomic E-state index is 0.00855. The van der Waals surface area contributed by atoms with Crippen LogP contribution in [0.25, 0.3) is 0 Å². The molecule has 0 atom stereocenters. The number of nitrogens with one attached hydrogen (secondary N) is 1. The molecule has 0 spiro atoms. The van der Waals surface area contributed by atoms with Gasteiger partial charge in [0.1, 0.15) is 0 Å². The molecule has 0 aliphatic heterocycles. The minimum Gasteiger partial charge on any atom is -0.478 e. The van der Waals surface area contributed by atoms with E-state index in [1.54, 1.807) is 12.1 Å². The van der Waals surface area contributed by atoms with Crippen LogP contribution in [-0.4, -0.2) is 23.5 Å². The smallest absolute Gasteiger partial charge is 0.335 e. The molecule has 0 radical (unpaired) electrons. The van der Waals surface area contributed by atoms with Crippen LogP contribution in [0.4, 0.5) is 0 Å². The average Bonchev–Trinajstić information content (AvgIpc) is 2.37. The number of hydrogen-bond donors (Lipinski definition) is 3. The number of nitrogens with two attached hydrogens (primary N) is 1. The quantitative estimate of drug-likeness (QED) is 0.632. The maximum atomic E-state index is 11.4. The van der Waals surface area contributed by atoms with E-state index >= 15 is 0 Å². The third-order valence-electron chi connectivity index (χ3n) is 2.55. The molecule has 5 nitrogen and oxygen atoms in total. The van der Waals surface area contributed by atoms with Gasteiger partial charge in [0.15, 0.2) is 0 Å². The molecular formula is C13H18N2O3. The zero-order valence-corrected chi connectivity index (χ0v) is 10.2. The first kappa shape index (κ1) is 14.2. The SMILES string of the molecule is NCCCCC(=O)NCc1ccc(C(=O)O)cc1. The van der Waals surface area contributed by atoms with Crippen molar-refractivity contribution >= 4 is 11.9 Å². The number of carboxylic acids is 1. The molecule has 4 N–H and O–H groups in total. The predicted molar refractivity (Wildman–Crippen MR) is 68.2 cm³/mol. The van der Waals surface area contributed by atoms with Crippen molar-refractivity contribution in [2.45, 2.75) is 25.8 Å². The van der Waals surface area contributed by atoms with E-state index in [1.807, 2.05) is 0 Å². The molecule has 0 aromatic heterocycles. The number of amides is 1. The van der Waals surface area contributed by atoms with Gasteiger partial charge in [-0.1, -0.05) is 12.1 Å². The van der Waals surface area contributed by atoms with Crippen LogP contribution < -0.4 is 11.1 Å². The summed E-state index contributed by atoms with van der Waals surface area (Å²) >= 11 is 0. The van der Waals surface area contributed by atoms with Crippen molar-refractivity contribution in [3.8, 4) is 0 Å². The molecule has 0 bridgehead atoms. The first-order valence-corrected chi connectivity index (χ1v) is 5.92. The molecule has 0 fully saturated rings. The van der Waals surface area contributed by atoms with Crippen LogP contribution in [-0.2, 0) is 11.3 Å². The minimum atomic E-state index is -0.952. The molecule has 1 aromatic rings. The van der Waals surface area contributed by atoms with Crippen molar-refractivity contribution in [3.05, 3.63) is 35.4 Å². The average molecular weight is 250 g/mol. The van der Waals surface area contributed by atoms with Crippen molar-refractivity contribution in [1.29, 1.82) is 0 Å². The summed E-state index contributed by atoms with van der Waals surface area (Å²) < 4.78 is 0. The standard InChI is InChI=1S/C13H18N2O3/c14-8-2-1-3-12(16)15-9-10-4-6-11(7-5-10)13(17)18/h4-7H,1-3,8-9,14H2,(H,15,16)(H,17,18). The second-order valence-corrected chi connectivity index (χ2v) is 4.02. The maximum absolute atomic E-state index is 11.4. The summed E-state index contributed by atoms with van der Waals surface area (Å²) in [5.74, 6) is -0.960. The summed E-state index contributed by atoms with van der Waals surface area (Å²) in [4.78, 5) is 22.1. The van der Waals surface area contributed by atoms with Gasteiger partial charge in [0.25, 0.3) is 0 Å². The van der Waals surface area contributed by atoms with E-state index in [-0.39, 0.29) is 11.5 Å². The van der Waals surface area contributed by atoms with E-state index < -0.39 is 5.97 Å². The number of rotatable bonds is 7. The van der Waals surface area contributed by atoms with Gasteiger partial charge in [0, 0.05) is 13.0 Å².